The molecule has 1 aliphatic heterocycles. The van der Waals surface area contributed by atoms with Crippen LogP contribution in [0.3, 0.4) is 0 Å². The first kappa shape index (κ1) is 23.8. The molecule has 1 amide bonds. The van der Waals surface area contributed by atoms with Crippen LogP contribution in [0.1, 0.15) is 50.8 Å². The second kappa shape index (κ2) is 10.7. The Labute approximate surface area is 189 Å². The minimum absolute atomic E-state index is 0.141. The number of benzene rings is 1. The van der Waals surface area contributed by atoms with Gasteiger partial charge in [0.25, 0.3) is 0 Å². The van der Waals surface area contributed by atoms with E-state index < -0.39 is 16.1 Å². The fourth-order valence-corrected chi connectivity index (χ4v) is 5.54. The van der Waals surface area contributed by atoms with Crippen molar-refractivity contribution in [3.63, 3.8) is 0 Å². The average Bonchev–Trinajstić information content (AvgIpc) is 3.14. The summed E-state index contributed by atoms with van der Waals surface area (Å²) in [6.45, 7) is 8.75. The maximum atomic E-state index is 12.9. The number of carbonyl (C=O) groups is 1. The van der Waals surface area contributed by atoms with Gasteiger partial charge in [-0.15, -0.1) is 11.3 Å². The van der Waals surface area contributed by atoms with Crippen molar-refractivity contribution in [2.45, 2.75) is 63.9 Å². The van der Waals surface area contributed by atoms with Gasteiger partial charge in [0.1, 0.15) is 6.04 Å². The molecule has 1 aromatic carbocycles. The number of carbonyl (C=O) groups excluding carboxylic acids is 1. The highest BCUT2D eigenvalue weighted by Gasteiger charge is 2.27. The van der Waals surface area contributed by atoms with Gasteiger partial charge in [0.15, 0.2) is 5.13 Å². The first-order chi connectivity index (χ1) is 14.7. The molecule has 0 bridgehead atoms. The fourth-order valence-electron chi connectivity index (χ4n) is 3.63. The zero-order valence-corrected chi connectivity index (χ0v) is 20.1. The Morgan fingerprint density at radius 2 is 1.84 bits per heavy atom. The number of amides is 1. The summed E-state index contributed by atoms with van der Waals surface area (Å²) in [7, 11) is -3.81. The highest BCUT2D eigenvalue weighted by molar-refractivity contribution is 7.89. The molecule has 2 N–H and O–H groups in total. The smallest absolute Gasteiger partial charge is 0.244 e. The molecule has 1 saturated heterocycles. The molecule has 0 radical (unpaired) electrons. The van der Waals surface area contributed by atoms with Gasteiger partial charge in [-0.25, -0.2) is 13.4 Å². The first-order valence-electron chi connectivity index (χ1n) is 10.8. The lowest BCUT2D eigenvalue weighted by atomic mass is 10.0. The van der Waals surface area contributed by atoms with Gasteiger partial charge >= 0.3 is 0 Å². The third-order valence-corrected chi connectivity index (χ3v) is 7.56. The van der Waals surface area contributed by atoms with Crippen LogP contribution >= 0.6 is 11.3 Å². The zero-order chi connectivity index (χ0) is 22.4. The molecular formula is C22H32N4O3S2. The molecule has 9 heteroatoms. The first-order valence-corrected chi connectivity index (χ1v) is 13.2. The van der Waals surface area contributed by atoms with Gasteiger partial charge in [0, 0.05) is 11.9 Å². The minimum Gasteiger partial charge on any atom is -0.301 e. The van der Waals surface area contributed by atoms with E-state index in [4.69, 9.17) is 0 Å². The van der Waals surface area contributed by atoms with Crippen molar-refractivity contribution < 1.29 is 13.2 Å². The quantitative estimate of drug-likeness (QED) is 0.589. The molecule has 1 atom stereocenters. The number of hydrogen-bond donors (Lipinski definition) is 2. The lowest BCUT2D eigenvalue weighted by Gasteiger charge is -2.25. The Kier molecular flexibility index (Phi) is 8.21. The number of piperidine rings is 1. The standard InChI is InChI=1S/C22H32N4O3S2/c1-16(2)13-20(25-31(28,29)19-9-7-17(3)8-10-19)21(27)24-22-23-18(15-30-22)14-26-11-5-4-6-12-26/h7-10,15-16,20,25H,4-6,11-14H2,1-3H3,(H,23,24,27). The molecule has 7 nitrogen and oxygen atoms in total. The average molecular weight is 465 g/mol. The largest absolute Gasteiger partial charge is 0.301 e. The molecule has 2 heterocycles. The molecular weight excluding hydrogens is 432 g/mol. The van der Waals surface area contributed by atoms with E-state index in [0.29, 0.717) is 11.6 Å². The van der Waals surface area contributed by atoms with E-state index in [1.165, 1.54) is 30.6 Å². The summed E-state index contributed by atoms with van der Waals surface area (Å²) in [4.78, 5) is 20.0. The number of anilines is 1. The molecule has 0 saturated carbocycles. The van der Waals surface area contributed by atoms with Crippen LogP contribution in [0.25, 0.3) is 0 Å². The minimum atomic E-state index is -3.81. The van der Waals surface area contributed by atoms with E-state index in [1.807, 2.05) is 26.2 Å². The number of rotatable bonds is 9. The van der Waals surface area contributed by atoms with Gasteiger partial charge in [-0.1, -0.05) is 38.0 Å². The maximum absolute atomic E-state index is 12.9. The SMILES string of the molecule is Cc1ccc(S(=O)(=O)NC(CC(C)C)C(=O)Nc2nc(CN3CCCCC3)cs2)cc1. The third kappa shape index (κ3) is 7.10. The zero-order valence-electron chi connectivity index (χ0n) is 18.4. The van der Waals surface area contributed by atoms with E-state index in [1.54, 1.807) is 24.3 Å². The molecule has 1 aliphatic rings. The summed E-state index contributed by atoms with van der Waals surface area (Å²) >= 11 is 1.37. The van der Waals surface area contributed by atoms with Crippen LogP contribution in [-0.4, -0.2) is 43.3 Å². The third-order valence-electron chi connectivity index (χ3n) is 5.27. The molecule has 3 rings (SSSR count). The Morgan fingerprint density at radius 3 is 2.48 bits per heavy atom. The lowest BCUT2D eigenvalue weighted by Crippen LogP contribution is -2.44. The summed E-state index contributed by atoms with van der Waals surface area (Å²) in [6, 6.07) is 5.71. The number of nitrogens with zero attached hydrogens (tertiary/aromatic N) is 2. The van der Waals surface area contributed by atoms with Crippen molar-refractivity contribution >= 4 is 32.4 Å². The topological polar surface area (TPSA) is 91.4 Å². The van der Waals surface area contributed by atoms with Gasteiger partial charge in [-0.05, 0) is 57.3 Å². The summed E-state index contributed by atoms with van der Waals surface area (Å²) < 4.78 is 28.2. The molecule has 0 spiro atoms. The highest BCUT2D eigenvalue weighted by Crippen LogP contribution is 2.20. The number of sulfonamides is 1. The molecule has 2 aromatic rings. The van der Waals surface area contributed by atoms with Crippen molar-refractivity contribution in [2.75, 3.05) is 18.4 Å². The van der Waals surface area contributed by atoms with Crippen LogP contribution in [0, 0.1) is 12.8 Å². The Bertz CT molecular complexity index is 965. The summed E-state index contributed by atoms with van der Waals surface area (Å²) in [6.07, 6.45) is 4.10. The number of likely N-dealkylation sites (tertiary alicyclic amines) is 1. The van der Waals surface area contributed by atoms with E-state index >= 15 is 0 Å². The van der Waals surface area contributed by atoms with Gasteiger partial charge in [0.05, 0.1) is 10.6 Å². The van der Waals surface area contributed by atoms with Gasteiger partial charge in [-0.2, -0.15) is 4.72 Å². The predicted octanol–water partition coefficient (Wildman–Crippen LogP) is 3.77. The predicted molar refractivity (Wildman–Crippen MR) is 125 cm³/mol. The Balaban J connectivity index is 1.66. The fraction of sp³-hybridized carbons (Fsp3) is 0.545. The number of aryl methyl sites for hydroxylation is 1. The maximum Gasteiger partial charge on any atom is 0.244 e. The van der Waals surface area contributed by atoms with Gasteiger partial charge in [-0.3, -0.25) is 9.69 Å². The summed E-state index contributed by atoms with van der Waals surface area (Å²) in [5.74, 6) is -0.245. The number of thiazole rings is 1. The Morgan fingerprint density at radius 1 is 1.16 bits per heavy atom. The second-order valence-corrected chi connectivity index (χ2v) is 11.2. The van der Waals surface area contributed by atoms with Crippen LogP contribution in [-0.2, 0) is 21.4 Å². The Hall–Kier alpha value is -1.81. The van der Waals surface area contributed by atoms with E-state index in [0.717, 1.165) is 30.9 Å². The number of hydrogen-bond acceptors (Lipinski definition) is 6. The van der Waals surface area contributed by atoms with Crippen LogP contribution < -0.4 is 10.0 Å². The highest BCUT2D eigenvalue weighted by atomic mass is 32.2. The van der Waals surface area contributed by atoms with Crippen molar-refractivity contribution in [2.24, 2.45) is 5.92 Å². The lowest BCUT2D eigenvalue weighted by molar-refractivity contribution is -0.118. The van der Waals surface area contributed by atoms with Crippen molar-refractivity contribution in [1.29, 1.82) is 0 Å². The molecule has 1 fully saturated rings. The molecule has 170 valence electrons. The molecule has 31 heavy (non-hydrogen) atoms. The van der Waals surface area contributed by atoms with Crippen LogP contribution in [0.2, 0.25) is 0 Å². The van der Waals surface area contributed by atoms with Gasteiger partial charge < -0.3 is 5.32 Å². The van der Waals surface area contributed by atoms with Crippen molar-refractivity contribution in [1.82, 2.24) is 14.6 Å². The second-order valence-electron chi connectivity index (χ2n) is 8.59. The van der Waals surface area contributed by atoms with E-state index in [9.17, 15) is 13.2 Å². The van der Waals surface area contributed by atoms with Crippen LogP contribution in [0.5, 0.6) is 0 Å². The van der Waals surface area contributed by atoms with E-state index in [-0.39, 0.29) is 16.7 Å². The summed E-state index contributed by atoms with van der Waals surface area (Å²) in [5.41, 5.74) is 1.90. The molecule has 1 aromatic heterocycles. The van der Waals surface area contributed by atoms with Gasteiger partial charge in [0.2, 0.25) is 15.9 Å². The number of aromatic nitrogens is 1. The van der Waals surface area contributed by atoms with Crippen LogP contribution in [0.4, 0.5) is 5.13 Å². The molecule has 0 aliphatic carbocycles. The van der Waals surface area contributed by atoms with Crippen molar-refractivity contribution in [3.05, 3.63) is 40.9 Å². The normalized spacial score (nSPS) is 16.4. The van der Waals surface area contributed by atoms with Crippen molar-refractivity contribution in [3.8, 4) is 0 Å². The van der Waals surface area contributed by atoms with Crippen LogP contribution in [0.15, 0.2) is 34.5 Å². The molecule has 1 unspecified atom stereocenters. The summed E-state index contributed by atoms with van der Waals surface area (Å²) in [5, 5.41) is 5.27. The van der Waals surface area contributed by atoms with E-state index in [2.05, 4.69) is 19.9 Å². The number of nitrogens with one attached hydrogen (secondary N) is 2. The monoisotopic (exact) mass is 464 g/mol.